The Bertz CT molecular complexity index is 856. The van der Waals surface area contributed by atoms with Gasteiger partial charge in [0.15, 0.2) is 11.6 Å². The van der Waals surface area contributed by atoms with Gasteiger partial charge in [-0.25, -0.2) is 15.0 Å². The van der Waals surface area contributed by atoms with Gasteiger partial charge in [-0.3, -0.25) is 0 Å². The Balaban J connectivity index is 1.40. The minimum absolute atomic E-state index is 0.132. The second-order valence-electron chi connectivity index (χ2n) is 7.19. The minimum Gasteiger partial charge on any atom is -0.486 e. The molecule has 0 aromatic carbocycles. The van der Waals surface area contributed by atoms with Crippen LogP contribution in [0, 0.1) is 6.92 Å². The van der Waals surface area contributed by atoms with Crippen molar-refractivity contribution in [3.63, 3.8) is 0 Å². The van der Waals surface area contributed by atoms with Gasteiger partial charge in [-0.1, -0.05) is 0 Å². The number of hydrogen-bond acceptors (Lipinski definition) is 8. The number of piperidine rings is 1. The fraction of sp³-hybridized carbons (Fsp3) is 0.556. The highest BCUT2D eigenvalue weighted by Crippen LogP contribution is 2.32. The van der Waals surface area contributed by atoms with Gasteiger partial charge in [0.2, 0.25) is 5.95 Å². The van der Waals surface area contributed by atoms with E-state index in [1.165, 1.54) is 11.1 Å². The molecular formula is C18H22F3N7O. The van der Waals surface area contributed by atoms with Gasteiger partial charge >= 0.3 is 6.18 Å². The summed E-state index contributed by atoms with van der Waals surface area (Å²) in [4.78, 5) is 20.3. The van der Waals surface area contributed by atoms with Crippen LogP contribution in [-0.2, 0) is 0 Å². The maximum atomic E-state index is 12.9. The highest BCUT2D eigenvalue weighted by atomic mass is 19.4. The fourth-order valence-corrected chi connectivity index (χ4v) is 3.55. The molecule has 2 aromatic rings. The van der Waals surface area contributed by atoms with Crippen molar-refractivity contribution in [2.45, 2.75) is 32.0 Å². The van der Waals surface area contributed by atoms with Crippen LogP contribution >= 0.6 is 0 Å². The third kappa shape index (κ3) is 4.77. The summed E-state index contributed by atoms with van der Waals surface area (Å²) in [5.41, 5.74) is 0.920. The third-order valence-corrected chi connectivity index (χ3v) is 4.97. The molecule has 2 aromatic heterocycles. The Morgan fingerprint density at radius 1 is 1.17 bits per heavy atom. The Labute approximate surface area is 166 Å². The highest BCUT2D eigenvalue weighted by Gasteiger charge is 2.34. The molecule has 2 aliphatic heterocycles. The van der Waals surface area contributed by atoms with Crippen LogP contribution < -0.4 is 19.9 Å². The zero-order chi connectivity index (χ0) is 20.4. The average molecular weight is 409 g/mol. The molecule has 0 atom stereocenters. The van der Waals surface area contributed by atoms with E-state index in [1.54, 1.807) is 6.33 Å². The third-order valence-electron chi connectivity index (χ3n) is 4.97. The summed E-state index contributed by atoms with van der Waals surface area (Å²) >= 11 is 0. The monoisotopic (exact) mass is 409 g/mol. The van der Waals surface area contributed by atoms with E-state index in [1.807, 2.05) is 13.0 Å². The quantitative estimate of drug-likeness (QED) is 0.825. The first-order valence-electron chi connectivity index (χ1n) is 9.49. The summed E-state index contributed by atoms with van der Waals surface area (Å²) in [7, 11) is 0. The van der Waals surface area contributed by atoms with Gasteiger partial charge in [-0.05, 0) is 19.8 Å². The number of aromatic nitrogens is 4. The van der Waals surface area contributed by atoms with Crippen molar-refractivity contribution in [3.8, 4) is 5.75 Å². The largest absolute Gasteiger partial charge is 0.486 e. The van der Waals surface area contributed by atoms with Gasteiger partial charge < -0.3 is 19.9 Å². The molecule has 1 saturated heterocycles. The average Bonchev–Trinajstić information content (AvgIpc) is 2.68. The van der Waals surface area contributed by atoms with Crippen LogP contribution in [0.2, 0.25) is 0 Å². The molecule has 4 heterocycles. The predicted molar refractivity (Wildman–Crippen MR) is 101 cm³/mol. The molecule has 0 spiro atoms. The summed E-state index contributed by atoms with van der Waals surface area (Å²) in [6, 6.07) is 2.09. The van der Waals surface area contributed by atoms with Crippen molar-refractivity contribution in [2.75, 3.05) is 47.9 Å². The zero-order valence-electron chi connectivity index (χ0n) is 16.0. The van der Waals surface area contributed by atoms with Crippen LogP contribution in [0.15, 0.2) is 18.6 Å². The number of rotatable bonds is 4. The second kappa shape index (κ2) is 7.88. The first-order chi connectivity index (χ1) is 13.9. The molecular weight excluding hydrogens is 387 g/mol. The maximum Gasteiger partial charge on any atom is 0.405 e. The number of fused-ring (bicyclic) bond motifs is 1. The van der Waals surface area contributed by atoms with E-state index in [0.717, 1.165) is 37.4 Å². The second-order valence-corrected chi connectivity index (χ2v) is 7.19. The van der Waals surface area contributed by atoms with Crippen molar-refractivity contribution in [2.24, 2.45) is 0 Å². The Hall–Kier alpha value is -2.85. The van der Waals surface area contributed by atoms with Gasteiger partial charge in [-0.15, -0.1) is 0 Å². The normalized spacial score (nSPS) is 17.7. The van der Waals surface area contributed by atoms with Crippen molar-refractivity contribution in [1.82, 2.24) is 19.9 Å². The highest BCUT2D eigenvalue weighted by molar-refractivity contribution is 5.56. The van der Waals surface area contributed by atoms with Crippen LogP contribution in [0.5, 0.6) is 5.75 Å². The van der Waals surface area contributed by atoms with Gasteiger partial charge in [0.05, 0.1) is 12.7 Å². The Kier molecular flexibility index (Phi) is 5.29. The van der Waals surface area contributed by atoms with Crippen LogP contribution in [0.3, 0.4) is 0 Å². The molecule has 2 aliphatic rings. The van der Waals surface area contributed by atoms with Crippen LogP contribution in [0.1, 0.15) is 18.5 Å². The molecule has 0 bridgehead atoms. The van der Waals surface area contributed by atoms with Gasteiger partial charge in [0.1, 0.15) is 25.3 Å². The van der Waals surface area contributed by atoms with E-state index in [0.29, 0.717) is 5.95 Å². The van der Waals surface area contributed by atoms with Crippen LogP contribution in [-0.4, -0.2) is 64.9 Å². The first-order valence-corrected chi connectivity index (χ1v) is 9.49. The van der Waals surface area contributed by atoms with Crippen molar-refractivity contribution in [1.29, 1.82) is 0 Å². The van der Waals surface area contributed by atoms with E-state index in [4.69, 9.17) is 4.74 Å². The van der Waals surface area contributed by atoms with E-state index in [9.17, 15) is 13.2 Å². The van der Waals surface area contributed by atoms with Gasteiger partial charge in [0, 0.05) is 30.9 Å². The minimum atomic E-state index is -4.31. The van der Waals surface area contributed by atoms with E-state index in [-0.39, 0.29) is 30.8 Å². The van der Waals surface area contributed by atoms with Crippen LogP contribution in [0.25, 0.3) is 0 Å². The summed E-state index contributed by atoms with van der Waals surface area (Å²) in [5.74, 6) is 1.68. The van der Waals surface area contributed by atoms with E-state index >= 15 is 0 Å². The maximum absolute atomic E-state index is 12.9. The zero-order valence-corrected chi connectivity index (χ0v) is 16.0. The standard InChI is InChI=1S/C18H22F3N7O/c1-12-8-15(24-11-23-12)27-4-2-13(3-5-27)25-17-22-9-14-16(26-17)28(6-7-29-14)10-18(19,20)21/h8-9,11,13H,2-7,10H2,1H3,(H,22,25,26). The van der Waals surface area contributed by atoms with Crippen molar-refractivity contribution >= 4 is 17.6 Å². The number of aryl methyl sites for hydroxylation is 1. The Morgan fingerprint density at radius 2 is 1.97 bits per heavy atom. The number of nitrogens with one attached hydrogen (secondary N) is 1. The molecule has 156 valence electrons. The number of ether oxygens (including phenoxy) is 1. The SMILES string of the molecule is Cc1cc(N2CCC(Nc3ncc4c(n3)N(CC(F)(F)F)CCO4)CC2)ncn1. The topological polar surface area (TPSA) is 79.3 Å². The molecule has 8 nitrogen and oxygen atoms in total. The molecule has 1 fully saturated rings. The number of alkyl halides is 3. The number of hydrogen-bond donors (Lipinski definition) is 1. The lowest BCUT2D eigenvalue weighted by Gasteiger charge is -2.34. The van der Waals surface area contributed by atoms with Crippen molar-refractivity contribution in [3.05, 3.63) is 24.3 Å². The summed E-state index contributed by atoms with van der Waals surface area (Å²) in [6.45, 7) is 2.81. The summed E-state index contributed by atoms with van der Waals surface area (Å²) in [5, 5.41) is 3.25. The summed E-state index contributed by atoms with van der Waals surface area (Å²) in [6.07, 6.45) is 0.370. The summed E-state index contributed by atoms with van der Waals surface area (Å²) < 4.78 is 44.0. The molecule has 0 amide bonds. The number of nitrogens with zero attached hydrogens (tertiary/aromatic N) is 6. The lowest BCUT2D eigenvalue weighted by atomic mass is 10.1. The van der Waals surface area contributed by atoms with Gasteiger partial charge in [-0.2, -0.15) is 18.2 Å². The molecule has 0 radical (unpaired) electrons. The number of halogens is 3. The molecule has 0 saturated carbocycles. The molecule has 11 heteroatoms. The molecule has 29 heavy (non-hydrogen) atoms. The van der Waals surface area contributed by atoms with Crippen LogP contribution in [0.4, 0.5) is 30.8 Å². The predicted octanol–water partition coefficient (Wildman–Crippen LogP) is 2.42. The molecule has 1 N–H and O–H groups in total. The lowest BCUT2D eigenvalue weighted by molar-refractivity contribution is -0.120. The molecule has 0 unspecified atom stereocenters. The Morgan fingerprint density at radius 3 is 2.69 bits per heavy atom. The van der Waals surface area contributed by atoms with Crippen molar-refractivity contribution < 1.29 is 17.9 Å². The van der Waals surface area contributed by atoms with Gasteiger partial charge in [0.25, 0.3) is 0 Å². The smallest absolute Gasteiger partial charge is 0.405 e. The first kappa shape index (κ1) is 19.5. The lowest BCUT2D eigenvalue weighted by Crippen LogP contribution is -2.41. The van der Waals surface area contributed by atoms with E-state index in [2.05, 4.69) is 30.2 Å². The molecule has 0 aliphatic carbocycles. The fourth-order valence-electron chi connectivity index (χ4n) is 3.55. The number of anilines is 3. The van der Waals surface area contributed by atoms with E-state index < -0.39 is 12.7 Å². The molecule has 4 rings (SSSR count).